The molecule has 0 amide bonds. The fraction of sp³-hybridized carbons (Fsp3) is 0.500. The van der Waals surface area contributed by atoms with Gasteiger partial charge in [-0.2, -0.15) is 11.8 Å². The Bertz CT molecular complexity index is 381. The summed E-state index contributed by atoms with van der Waals surface area (Å²) in [5.41, 5.74) is 0.735. The summed E-state index contributed by atoms with van der Waals surface area (Å²) in [6.45, 7) is 0.818. The Balaban J connectivity index is 2.04. The molecule has 5 heteroatoms. The van der Waals surface area contributed by atoms with Crippen molar-refractivity contribution in [2.75, 3.05) is 25.4 Å². The number of thioether (sulfide) groups is 1. The molecule has 94 valence electrons. The van der Waals surface area contributed by atoms with Gasteiger partial charge in [-0.15, -0.1) is 0 Å². The Hall–Kier alpha value is -1.07. The third kappa shape index (κ3) is 2.98. The lowest BCUT2D eigenvalue weighted by molar-refractivity contribution is 0.173. The number of aliphatic hydroxyl groups is 1. The maximum atomic E-state index is 9.27. The number of ether oxygens (including phenoxy) is 3. The number of hydrogen-bond acceptors (Lipinski definition) is 5. The smallest absolute Gasteiger partial charge is 0.231 e. The Morgan fingerprint density at radius 3 is 2.82 bits per heavy atom. The van der Waals surface area contributed by atoms with Crippen molar-refractivity contribution in [1.29, 1.82) is 0 Å². The standard InChI is InChI=1S/C12H16O4S/c1-17-4-2-3-14-10-6-12-11(15-8-16-12)5-9(10)7-13/h5-6,13H,2-4,7-8H2,1H3. The van der Waals surface area contributed by atoms with Crippen LogP contribution in [0, 0.1) is 0 Å². The third-order valence-corrected chi connectivity index (χ3v) is 3.17. The van der Waals surface area contributed by atoms with E-state index in [0.717, 1.165) is 17.7 Å². The first-order valence-corrected chi connectivity index (χ1v) is 6.89. The normalized spacial score (nSPS) is 12.8. The summed E-state index contributed by atoms with van der Waals surface area (Å²) in [5.74, 6) is 3.10. The minimum absolute atomic E-state index is 0.0610. The van der Waals surface area contributed by atoms with Gasteiger partial charge in [-0.3, -0.25) is 0 Å². The second-order valence-electron chi connectivity index (χ2n) is 3.67. The molecule has 1 aromatic carbocycles. The van der Waals surface area contributed by atoms with Crippen molar-refractivity contribution in [3.63, 3.8) is 0 Å². The lowest BCUT2D eigenvalue weighted by Crippen LogP contribution is -2.01. The highest BCUT2D eigenvalue weighted by Crippen LogP contribution is 2.38. The molecule has 0 aliphatic carbocycles. The molecule has 2 rings (SSSR count). The van der Waals surface area contributed by atoms with Crippen molar-refractivity contribution in [2.45, 2.75) is 13.0 Å². The van der Waals surface area contributed by atoms with Crippen LogP contribution in [0.1, 0.15) is 12.0 Å². The molecule has 0 aromatic heterocycles. The van der Waals surface area contributed by atoms with E-state index in [1.54, 1.807) is 23.9 Å². The van der Waals surface area contributed by atoms with E-state index < -0.39 is 0 Å². The van der Waals surface area contributed by atoms with Crippen LogP contribution in [0.3, 0.4) is 0 Å². The van der Waals surface area contributed by atoms with E-state index in [1.807, 2.05) is 0 Å². The Kier molecular flexibility index (Phi) is 4.39. The fourth-order valence-corrected chi connectivity index (χ4v) is 2.02. The largest absolute Gasteiger partial charge is 0.493 e. The molecular formula is C12H16O4S. The van der Waals surface area contributed by atoms with Gasteiger partial charge in [0, 0.05) is 11.6 Å². The lowest BCUT2D eigenvalue weighted by atomic mass is 10.2. The molecule has 1 aliphatic rings. The van der Waals surface area contributed by atoms with Crippen LogP contribution in [0.5, 0.6) is 17.2 Å². The summed E-state index contributed by atoms with van der Waals surface area (Å²) in [6.07, 6.45) is 3.06. The topological polar surface area (TPSA) is 47.9 Å². The zero-order chi connectivity index (χ0) is 12.1. The van der Waals surface area contributed by atoms with Gasteiger partial charge >= 0.3 is 0 Å². The SMILES string of the molecule is CSCCCOc1cc2c(cc1CO)OCO2. The third-order valence-electron chi connectivity index (χ3n) is 2.48. The van der Waals surface area contributed by atoms with Gasteiger partial charge in [0.05, 0.1) is 13.2 Å². The van der Waals surface area contributed by atoms with Crippen LogP contribution in [-0.4, -0.2) is 30.5 Å². The predicted molar refractivity (Wildman–Crippen MR) is 67.0 cm³/mol. The number of fused-ring (bicyclic) bond motifs is 1. The number of aliphatic hydroxyl groups excluding tert-OH is 1. The van der Waals surface area contributed by atoms with Crippen LogP contribution < -0.4 is 14.2 Å². The quantitative estimate of drug-likeness (QED) is 0.789. The van der Waals surface area contributed by atoms with Crippen LogP contribution in [-0.2, 0) is 6.61 Å². The van der Waals surface area contributed by atoms with E-state index >= 15 is 0 Å². The van der Waals surface area contributed by atoms with Gasteiger partial charge in [0.15, 0.2) is 11.5 Å². The van der Waals surface area contributed by atoms with E-state index in [0.29, 0.717) is 23.9 Å². The van der Waals surface area contributed by atoms with Gasteiger partial charge in [0.25, 0.3) is 0 Å². The van der Waals surface area contributed by atoms with Crippen molar-refractivity contribution >= 4 is 11.8 Å². The van der Waals surface area contributed by atoms with Gasteiger partial charge in [-0.05, 0) is 24.5 Å². The van der Waals surface area contributed by atoms with Crippen LogP contribution in [0.4, 0.5) is 0 Å². The van der Waals surface area contributed by atoms with Crippen LogP contribution in [0.15, 0.2) is 12.1 Å². The molecule has 0 spiro atoms. The summed E-state index contributed by atoms with van der Waals surface area (Å²) < 4.78 is 16.2. The highest BCUT2D eigenvalue weighted by atomic mass is 32.2. The van der Waals surface area contributed by atoms with E-state index in [-0.39, 0.29) is 13.4 Å². The Morgan fingerprint density at radius 2 is 2.12 bits per heavy atom. The second kappa shape index (κ2) is 6.02. The van der Waals surface area contributed by atoms with Gasteiger partial charge in [0.1, 0.15) is 5.75 Å². The molecule has 1 N–H and O–H groups in total. The lowest BCUT2D eigenvalue weighted by Gasteiger charge is -2.10. The molecule has 0 atom stereocenters. The van der Waals surface area contributed by atoms with Gasteiger partial charge in [-0.1, -0.05) is 0 Å². The van der Waals surface area contributed by atoms with E-state index in [2.05, 4.69) is 6.26 Å². The van der Waals surface area contributed by atoms with Crippen LogP contribution in [0.25, 0.3) is 0 Å². The summed E-state index contributed by atoms with van der Waals surface area (Å²) in [4.78, 5) is 0. The first-order chi connectivity index (χ1) is 8.35. The first-order valence-electron chi connectivity index (χ1n) is 5.50. The average molecular weight is 256 g/mol. The summed E-state index contributed by atoms with van der Waals surface area (Å²) >= 11 is 1.79. The van der Waals surface area contributed by atoms with Gasteiger partial charge in [0.2, 0.25) is 6.79 Å². The van der Waals surface area contributed by atoms with Gasteiger partial charge < -0.3 is 19.3 Å². The fourth-order valence-electron chi connectivity index (χ4n) is 1.61. The molecule has 0 saturated heterocycles. The van der Waals surface area contributed by atoms with Crippen molar-refractivity contribution in [2.24, 2.45) is 0 Å². The highest BCUT2D eigenvalue weighted by molar-refractivity contribution is 7.98. The zero-order valence-corrected chi connectivity index (χ0v) is 10.6. The highest BCUT2D eigenvalue weighted by Gasteiger charge is 2.17. The average Bonchev–Trinajstić information content (AvgIpc) is 2.80. The molecule has 0 bridgehead atoms. The number of rotatable bonds is 6. The summed E-state index contributed by atoms with van der Waals surface area (Å²) in [5, 5.41) is 9.27. The summed E-state index contributed by atoms with van der Waals surface area (Å²) in [6, 6.07) is 3.55. The molecule has 17 heavy (non-hydrogen) atoms. The van der Waals surface area contributed by atoms with Crippen LogP contribution in [0.2, 0.25) is 0 Å². The van der Waals surface area contributed by atoms with Crippen molar-refractivity contribution in [3.8, 4) is 17.2 Å². The maximum Gasteiger partial charge on any atom is 0.231 e. The number of hydrogen-bond donors (Lipinski definition) is 1. The minimum Gasteiger partial charge on any atom is -0.493 e. The molecule has 1 aliphatic heterocycles. The molecule has 0 fully saturated rings. The summed E-state index contributed by atoms with van der Waals surface area (Å²) in [7, 11) is 0. The molecule has 0 unspecified atom stereocenters. The monoisotopic (exact) mass is 256 g/mol. The molecule has 4 nitrogen and oxygen atoms in total. The zero-order valence-electron chi connectivity index (χ0n) is 9.77. The Labute approximate surface area is 105 Å². The van der Waals surface area contributed by atoms with Crippen molar-refractivity contribution in [1.82, 2.24) is 0 Å². The van der Waals surface area contributed by atoms with Crippen molar-refractivity contribution in [3.05, 3.63) is 17.7 Å². The Morgan fingerprint density at radius 1 is 1.35 bits per heavy atom. The minimum atomic E-state index is -0.0610. The van der Waals surface area contributed by atoms with E-state index in [1.165, 1.54) is 0 Å². The molecular weight excluding hydrogens is 240 g/mol. The molecule has 0 radical (unpaired) electrons. The molecule has 0 saturated carbocycles. The predicted octanol–water partition coefficient (Wildman–Crippen LogP) is 2.04. The second-order valence-corrected chi connectivity index (χ2v) is 4.65. The molecule has 1 heterocycles. The van der Waals surface area contributed by atoms with Gasteiger partial charge in [-0.25, -0.2) is 0 Å². The van der Waals surface area contributed by atoms with E-state index in [9.17, 15) is 5.11 Å². The number of benzene rings is 1. The molecule has 1 aromatic rings. The van der Waals surface area contributed by atoms with Crippen LogP contribution >= 0.6 is 11.8 Å². The maximum absolute atomic E-state index is 9.27. The van der Waals surface area contributed by atoms with Crippen molar-refractivity contribution < 1.29 is 19.3 Å². The van der Waals surface area contributed by atoms with E-state index in [4.69, 9.17) is 14.2 Å². The first kappa shape index (κ1) is 12.4.